The number of hydrogen-bond donors (Lipinski definition) is 1. The number of aromatic nitrogens is 1. The van der Waals surface area contributed by atoms with Crippen LogP contribution in [0, 0.1) is 12.7 Å². The maximum absolute atomic E-state index is 14.0. The topological polar surface area (TPSA) is 24.9 Å². The lowest BCUT2D eigenvalue weighted by atomic mass is 10.0. The Bertz CT molecular complexity index is 622. The lowest BCUT2D eigenvalue weighted by Crippen LogP contribution is -2.22. The van der Waals surface area contributed by atoms with Gasteiger partial charge in [-0.15, -0.1) is 11.3 Å². The monoisotopic (exact) mass is 318 g/mol. The molecule has 0 aliphatic heterocycles. The molecule has 0 fully saturated rings. The predicted molar refractivity (Wildman–Crippen MR) is 73.8 cm³/mol. The first-order chi connectivity index (χ1) is 9.82. The van der Waals surface area contributed by atoms with Gasteiger partial charge in [0, 0.05) is 16.6 Å². The molecule has 0 bridgehead atoms. The summed E-state index contributed by atoms with van der Waals surface area (Å²) in [6, 6.07) is 3.94. The van der Waals surface area contributed by atoms with E-state index in [0.717, 1.165) is 11.8 Å². The lowest BCUT2D eigenvalue weighted by molar-refractivity contribution is -0.137. The minimum atomic E-state index is -4.48. The molecule has 0 radical (unpaired) electrons. The highest BCUT2D eigenvalue weighted by Crippen LogP contribution is 2.36. The van der Waals surface area contributed by atoms with Crippen LogP contribution in [0.5, 0.6) is 0 Å². The number of aryl methyl sites for hydroxylation is 1. The smallest absolute Gasteiger partial charge is 0.306 e. The normalized spacial score (nSPS) is 13.4. The summed E-state index contributed by atoms with van der Waals surface area (Å²) in [5.74, 6) is -0.450. The average Bonchev–Trinajstić information content (AvgIpc) is 2.88. The highest BCUT2D eigenvalue weighted by atomic mass is 32.1. The Balaban J connectivity index is 2.44. The molecular weight excluding hydrogens is 304 g/mol. The van der Waals surface area contributed by atoms with Gasteiger partial charge in [0.25, 0.3) is 0 Å². The van der Waals surface area contributed by atoms with Crippen LogP contribution in [-0.4, -0.2) is 11.5 Å². The Morgan fingerprint density at radius 2 is 2.05 bits per heavy atom. The van der Waals surface area contributed by atoms with Gasteiger partial charge in [-0.05, 0) is 19.5 Å². The second kappa shape index (κ2) is 6.11. The largest absolute Gasteiger partial charge is 0.443 e. The number of thiazole rings is 1. The average molecular weight is 318 g/mol. The third-order valence-electron chi connectivity index (χ3n) is 2.92. The van der Waals surface area contributed by atoms with Gasteiger partial charge < -0.3 is 5.32 Å². The minimum absolute atomic E-state index is 0.328. The Hall–Kier alpha value is -1.47. The number of rotatable bonds is 4. The summed E-state index contributed by atoms with van der Waals surface area (Å²) in [5, 5.41) is 2.09. The van der Waals surface area contributed by atoms with Crippen LogP contribution in [0.2, 0.25) is 0 Å². The van der Waals surface area contributed by atoms with E-state index in [2.05, 4.69) is 10.3 Å². The summed E-state index contributed by atoms with van der Waals surface area (Å²) in [6.45, 7) is 4.11. The first-order valence-electron chi connectivity index (χ1n) is 6.35. The Morgan fingerprint density at radius 1 is 1.33 bits per heavy atom. The van der Waals surface area contributed by atoms with Crippen LogP contribution in [0.15, 0.2) is 24.4 Å². The van der Waals surface area contributed by atoms with Crippen molar-refractivity contribution >= 4 is 11.3 Å². The molecule has 2 nitrogen and oxygen atoms in total. The van der Waals surface area contributed by atoms with Crippen LogP contribution >= 0.6 is 11.3 Å². The fourth-order valence-electron chi connectivity index (χ4n) is 2.00. The van der Waals surface area contributed by atoms with Gasteiger partial charge in [-0.2, -0.15) is 13.2 Å². The molecule has 7 heteroatoms. The number of halogens is 4. The van der Waals surface area contributed by atoms with Crippen molar-refractivity contribution < 1.29 is 17.6 Å². The Kier molecular flexibility index (Phi) is 4.63. The van der Waals surface area contributed by atoms with E-state index in [1.54, 1.807) is 19.1 Å². The molecule has 0 saturated heterocycles. The quantitative estimate of drug-likeness (QED) is 0.850. The van der Waals surface area contributed by atoms with E-state index in [1.807, 2.05) is 6.92 Å². The van der Waals surface area contributed by atoms with Gasteiger partial charge in [0.15, 0.2) is 5.01 Å². The third-order valence-corrected chi connectivity index (χ3v) is 4.03. The SMILES string of the molecule is CCNC(c1cnc(C(F)(F)F)s1)c1cc(C)ccc1F. The van der Waals surface area contributed by atoms with E-state index in [9.17, 15) is 17.6 Å². The summed E-state index contributed by atoms with van der Waals surface area (Å²) in [5.41, 5.74) is 1.17. The second-order valence-corrected chi connectivity index (χ2v) is 5.64. The summed E-state index contributed by atoms with van der Waals surface area (Å²) in [7, 11) is 0. The number of nitrogens with zero attached hydrogens (tertiary/aromatic N) is 1. The molecule has 1 aromatic carbocycles. The molecule has 2 aromatic rings. The number of benzene rings is 1. The Labute approximate surface area is 123 Å². The zero-order valence-electron chi connectivity index (χ0n) is 11.5. The van der Waals surface area contributed by atoms with Crippen LogP contribution in [0.1, 0.15) is 34.0 Å². The van der Waals surface area contributed by atoms with E-state index in [0.29, 0.717) is 28.3 Å². The second-order valence-electron chi connectivity index (χ2n) is 4.58. The van der Waals surface area contributed by atoms with Gasteiger partial charge in [-0.3, -0.25) is 0 Å². The van der Waals surface area contributed by atoms with E-state index in [-0.39, 0.29) is 0 Å². The van der Waals surface area contributed by atoms with Crippen molar-refractivity contribution in [1.29, 1.82) is 0 Å². The first kappa shape index (κ1) is 15.9. The third kappa shape index (κ3) is 3.59. The molecule has 0 amide bonds. The zero-order valence-corrected chi connectivity index (χ0v) is 12.3. The van der Waals surface area contributed by atoms with Crippen LogP contribution < -0.4 is 5.32 Å². The van der Waals surface area contributed by atoms with Crippen molar-refractivity contribution in [3.63, 3.8) is 0 Å². The fourth-order valence-corrected chi connectivity index (χ4v) is 2.88. The Morgan fingerprint density at radius 3 is 2.62 bits per heavy atom. The van der Waals surface area contributed by atoms with Crippen molar-refractivity contribution in [2.75, 3.05) is 6.54 Å². The lowest BCUT2D eigenvalue weighted by Gasteiger charge is -2.17. The molecule has 21 heavy (non-hydrogen) atoms. The summed E-state index contributed by atoms with van der Waals surface area (Å²) >= 11 is 0.532. The summed E-state index contributed by atoms with van der Waals surface area (Å²) in [6.07, 6.45) is -3.33. The molecule has 114 valence electrons. The fraction of sp³-hybridized carbons (Fsp3) is 0.357. The van der Waals surface area contributed by atoms with E-state index in [1.165, 1.54) is 6.07 Å². The van der Waals surface area contributed by atoms with E-state index < -0.39 is 23.0 Å². The number of nitrogens with one attached hydrogen (secondary N) is 1. The first-order valence-corrected chi connectivity index (χ1v) is 7.17. The van der Waals surface area contributed by atoms with Crippen molar-refractivity contribution in [3.8, 4) is 0 Å². The van der Waals surface area contributed by atoms with E-state index in [4.69, 9.17) is 0 Å². The summed E-state index contributed by atoms with van der Waals surface area (Å²) < 4.78 is 51.9. The molecule has 1 N–H and O–H groups in total. The molecule has 1 unspecified atom stereocenters. The molecule has 0 saturated carbocycles. The van der Waals surface area contributed by atoms with Crippen molar-refractivity contribution in [2.24, 2.45) is 0 Å². The van der Waals surface area contributed by atoms with Crippen LogP contribution in [-0.2, 0) is 6.18 Å². The highest BCUT2D eigenvalue weighted by Gasteiger charge is 2.35. The van der Waals surface area contributed by atoms with Gasteiger partial charge in [-0.25, -0.2) is 9.37 Å². The number of alkyl halides is 3. The number of hydrogen-bond acceptors (Lipinski definition) is 3. The van der Waals surface area contributed by atoms with Gasteiger partial charge in [0.1, 0.15) is 5.82 Å². The van der Waals surface area contributed by atoms with E-state index >= 15 is 0 Å². The minimum Gasteiger partial charge on any atom is -0.306 e. The zero-order chi connectivity index (χ0) is 15.6. The van der Waals surface area contributed by atoms with Crippen LogP contribution in [0.25, 0.3) is 0 Å². The van der Waals surface area contributed by atoms with Gasteiger partial charge in [-0.1, -0.05) is 24.6 Å². The molecule has 1 aromatic heterocycles. The van der Waals surface area contributed by atoms with Gasteiger partial charge in [0.2, 0.25) is 0 Å². The van der Waals surface area contributed by atoms with Crippen LogP contribution in [0.3, 0.4) is 0 Å². The molecule has 1 atom stereocenters. The van der Waals surface area contributed by atoms with Crippen molar-refractivity contribution in [2.45, 2.75) is 26.1 Å². The molecule has 2 rings (SSSR count). The maximum Gasteiger partial charge on any atom is 0.443 e. The molecule has 0 aliphatic carbocycles. The predicted octanol–water partition coefficient (Wildman–Crippen LogP) is 4.31. The van der Waals surface area contributed by atoms with Gasteiger partial charge in [0.05, 0.1) is 6.04 Å². The summed E-state index contributed by atoms with van der Waals surface area (Å²) in [4.78, 5) is 3.74. The van der Waals surface area contributed by atoms with Gasteiger partial charge >= 0.3 is 6.18 Å². The molecule has 0 aliphatic rings. The molecule has 1 heterocycles. The standard InChI is InChI=1S/C14H14F4N2S/c1-3-19-12(9-6-8(2)4-5-10(9)15)11-7-20-13(21-11)14(16,17)18/h4-7,12,19H,3H2,1-2H3. The maximum atomic E-state index is 14.0. The molecular formula is C14H14F4N2S. The van der Waals surface area contributed by atoms with Crippen molar-refractivity contribution in [3.05, 3.63) is 51.2 Å². The molecule has 0 spiro atoms. The van der Waals surface area contributed by atoms with Crippen LogP contribution in [0.4, 0.5) is 17.6 Å². The highest BCUT2D eigenvalue weighted by molar-refractivity contribution is 7.11. The van der Waals surface area contributed by atoms with Crippen molar-refractivity contribution in [1.82, 2.24) is 10.3 Å².